The average Bonchev–Trinajstić information content (AvgIpc) is 2.42. The Morgan fingerprint density at radius 3 is 2.35 bits per heavy atom. The van der Waals surface area contributed by atoms with Gasteiger partial charge in [0.15, 0.2) is 0 Å². The van der Waals surface area contributed by atoms with E-state index in [0.717, 1.165) is 11.3 Å². The summed E-state index contributed by atoms with van der Waals surface area (Å²) >= 11 is 0. The summed E-state index contributed by atoms with van der Waals surface area (Å²) in [6.07, 6.45) is 0. The van der Waals surface area contributed by atoms with Gasteiger partial charge in [0, 0.05) is 30.3 Å². The third-order valence-corrected chi connectivity index (χ3v) is 2.93. The molecule has 20 heavy (non-hydrogen) atoms. The first-order chi connectivity index (χ1) is 9.47. The molecular weight excluding hydrogens is 254 g/mol. The van der Waals surface area contributed by atoms with Gasteiger partial charge in [-0.15, -0.1) is 0 Å². The van der Waals surface area contributed by atoms with E-state index in [1.165, 1.54) is 10.7 Å². The van der Waals surface area contributed by atoms with E-state index in [-0.39, 0.29) is 17.4 Å². The molecule has 0 bridgehead atoms. The van der Waals surface area contributed by atoms with Gasteiger partial charge in [-0.3, -0.25) is 9.59 Å². The lowest BCUT2D eigenvalue weighted by Gasteiger charge is -2.08. The molecule has 0 atom stereocenters. The van der Waals surface area contributed by atoms with Crippen LogP contribution in [0.4, 0.5) is 5.69 Å². The Morgan fingerprint density at radius 1 is 1.15 bits per heavy atom. The number of amides is 1. The smallest absolute Gasteiger partial charge is 0.266 e. The van der Waals surface area contributed by atoms with Gasteiger partial charge in [0.2, 0.25) is 5.91 Å². The Labute approximate surface area is 117 Å². The molecule has 1 N–H and O–H groups in total. The van der Waals surface area contributed by atoms with Crippen LogP contribution in [0.15, 0.2) is 41.2 Å². The van der Waals surface area contributed by atoms with Crippen molar-refractivity contribution in [3.63, 3.8) is 0 Å². The minimum atomic E-state index is -0.144. The molecule has 0 saturated carbocycles. The number of aromatic nitrogens is 2. The second-order valence-corrected chi connectivity index (χ2v) is 4.90. The van der Waals surface area contributed by atoms with E-state index < -0.39 is 0 Å². The van der Waals surface area contributed by atoms with Crippen molar-refractivity contribution < 1.29 is 4.79 Å². The van der Waals surface area contributed by atoms with Crippen LogP contribution in [0.5, 0.6) is 0 Å². The predicted octanol–water partition coefficient (Wildman–Crippen LogP) is 2.04. The lowest BCUT2D eigenvalue weighted by Crippen LogP contribution is -2.18. The summed E-state index contributed by atoms with van der Waals surface area (Å²) in [5.74, 6) is -0.0713. The molecule has 1 heterocycles. The maximum atomic E-state index is 11.6. The van der Waals surface area contributed by atoms with Crippen molar-refractivity contribution in [1.82, 2.24) is 9.78 Å². The summed E-state index contributed by atoms with van der Waals surface area (Å²) in [7, 11) is 1.61. The Balaban J connectivity index is 2.21. The van der Waals surface area contributed by atoms with Crippen LogP contribution in [0.2, 0.25) is 0 Å². The number of hydrogen-bond donors (Lipinski definition) is 1. The number of anilines is 1. The third-order valence-electron chi connectivity index (χ3n) is 2.93. The van der Waals surface area contributed by atoms with Gasteiger partial charge in [-0.05, 0) is 18.2 Å². The summed E-state index contributed by atoms with van der Waals surface area (Å²) in [6.45, 7) is 3.69. The number of benzene rings is 1. The van der Waals surface area contributed by atoms with Crippen LogP contribution in [-0.2, 0) is 11.8 Å². The van der Waals surface area contributed by atoms with Crippen LogP contribution >= 0.6 is 0 Å². The number of nitrogens with one attached hydrogen (secondary N) is 1. The van der Waals surface area contributed by atoms with Gasteiger partial charge < -0.3 is 5.32 Å². The minimum Gasteiger partial charge on any atom is -0.326 e. The Morgan fingerprint density at radius 2 is 1.80 bits per heavy atom. The van der Waals surface area contributed by atoms with E-state index in [1.807, 2.05) is 38.1 Å². The predicted molar refractivity (Wildman–Crippen MR) is 78.4 cm³/mol. The molecule has 0 aliphatic heterocycles. The Hall–Kier alpha value is -2.43. The maximum Gasteiger partial charge on any atom is 0.266 e. The first-order valence-corrected chi connectivity index (χ1v) is 6.43. The highest BCUT2D eigenvalue weighted by Crippen LogP contribution is 2.18. The monoisotopic (exact) mass is 271 g/mol. The molecule has 1 aromatic heterocycles. The molecule has 0 spiro atoms. The van der Waals surface area contributed by atoms with E-state index in [0.29, 0.717) is 5.69 Å². The molecule has 2 rings (SSSR count). The zero-order valence-electron chi connectivity index (χ0n) is 11.8. The van der Waals surface area contributed by atoms with Crippen molar-refractivity contribution in [2.24, 2.45) is 13.0 Å². The van der Waals surface area contributed by atoms with Crippen LogP contribution in [0, 0.1) is 5.92 Å². The van der Waals surface area contributed by atoms with Crippen molar-refractivity contribution in [2.45, 2.75) is 13.8 Å². The average molecular weight is 271 g/mol. The van der Waals surface area contributed by atoms with Gasteiger partial charge in [-0.25, -0.2) is 4.68 Å². The number of aryl methyl sites for hydroxylation is 1. The van der Waals surface area contributed by atoms with Gasteiger partial charge in [0.05, 0.1) is 5.69 Å². The fourth-order valence-electron chi connectivity index (χ4n) is 1.67. The molecule has 0 fully saturated rings. The largest absolute Gasteiger partial charge is 0.326 e. The molecule has 5 heteroatoms. The number of rotatable bonds is 3. The fourth-order valence-corrected chi connectivity index (χ4v) is 1.67. The summed E-state index contributed by atoms with van der Waals surface area (Å²) in [5, 5.41) is 7.00. The Bertz CT molecular complexity index is 672. The van der Waals surface area contributed by atoms with E-state index in [1.54, 1.807) is 13.1 Å². The van der Waals surface area contributed by atoms with Crippen LogP contribution < -0.4 is 10.9 Å². The van der Waals surface area contributed by atoms with Crippen LogP contribution in [-0.4, -0.2) is 15.7 Å². The highest BCUT2D eigenvalue weighted by molar-refractivity contribution is 5.92. The third kappa shape index (κ3) is 3.12. The summed E-state index contributed by atoms with van der Waals surface area (Å²) < 4.78 is 1.30. The standard InChI is InChI=1S/C15H17N3O2/c1-10(2)15(20)16-12-6-4-11(5-7-12)13-8-9-14(19)18(3)17-13/h4-10H,1-3H3,(H,16,20). The minimum absolute atomic E-state index is 0.0158. The van der Waals surface area contributed by atoms with Crippen molar-refractivity contribution in [1.29, 1.82) is 0 Å². The highest BCUT2D eigenvalue weighted by Gasteiger charge is 2.07. The lowest BCUT2D eigenvalue weighted by molar-refractivity contribution is -0.118. The molecule has 1 amide bonds. The zero-order valence-corrected chi connectivity index (χ0v) is 11.8. The summed E-state index contributed by atoms with van der Waals surface area (Å²) in [6, 6.07) is 10.5. The lowest BCUT2D eigenvalue weighted by atomic mass is 10.1. The SMILES string of the molecule is CC(C)C(=O)Nc1ccc(-c2ccc(=O)n(C)n2)cc1. The number of hydrogen-bond acceptors (Lipinski definition) is 3. The van der Waals surface area contributed by atoms with Gasteiger partial charge >= 0.3 is 0 Å². The molecule has 2 aromatic rings. The Kier molecular flexibility index (Phi) is 3.98. The molecule has 104 valence electrons. The second kappa shape index (κ2) is 5.69. The molecule has 0 aliphatic carbocycles. The number of carbonyl (C=O) groups is 1. The van der Waals surface area contributed by atoms with E-state index >= 15 is 0 Å². The quantitative estimate of drug-likeness (QED) is 0.929. The first kappa shape index (κ1) is 14.0. The first-order valence-electron chi connectivity index (χ1n) is 6.43. The van der Waals surface area contributed by atoms with E-state index in [9.17, 15) is 9.59 Å². The molecule has 5 nitrogen and oxygen atoms in total. The van der Waals surface area contributed by atoms with E-state index in [2.05, 4.69) is 10.4 Å². The maximum absolute atomic E-state index is 11.6. The molecular formula is C15H17N3O2. The zero-order chi connectivity index (χ0) is 14.7. The van der Waals surface area contributed by atoms with E-state index in [4.69, 9.17) is 0 Å². The molecule has 1 aromatic carbocycles. The van der Waals surface area contributed by atoms with Gasteiger partial charge in [0.25, 0.3) is 5.56 Å². The number of carbonyl (C=O) groups excluding carboxylic acids is 1. The highest BCUT2D eigenvalue weighted by atomic mass is 16.2. The normalized spacial score (nSPS) is 10.6. The van der Waals surface area contributed by atoms with Crippen molar-refractivity contribution in [3.05, 3.63) is 46.8 Å². The summed E-state index contributed by atoms with van der Waals surface area (Å²) in [4.78, 5) is 22.9. The van der Waals surface area contributed by atoms with Crippen molar-refractivity contribution in [3.8, 4) is 11.3 Å². The molecule has 0 saturated heterocycles. The van der Waals surface area contributed by atoms with Gasteiger partial charge in [-0.1, -0.05) is 26.0 Å². The summed E-state index contributed by atoms with van der Waals surface area (Å²) in [5.41, 5.74) is 2.21. The van der Waals surface area contributed by atoms with Crippen molar-refractivity contribution in [2.75, 3.05) is 5.32 Å². The van der Waals surface area contributed by atoms with Crippen molar-refractivity contribution >= 4 is 11.6 Å². The topological polar surface area (TPSA) is 64.0 Å². The fraction of sp³-hybridized carbons (Fsp3) is 0.267. The van der Waals surface area contributed by atoms with Gasteiger partial charge in [-0.2, -0.15) is 5.10 Å². The molecule has 0 unspecified atom stereocenters. The van der Waals surface area contributed by atoms with Crippen LogP contribution in [0.1, 0.15) is 13.8 Å². The van der Waals surface area contributed by atoms with Gasteiger partial charge in [0.1, 0.15) is 0 Å². The van der Waals surface area contributed by atoms with Crippen LogP contribution in [0.25, 0.3) is 11.3 Å². The molecule has 0 aliphatic rings. The molecule has 0 radical (unpaired) electrons. The second-order valence-electron chi connectivity index (χ2n) is 4.90. The van der Waals surface area contributed by atoms with Crippen LogP contribution in [0.3, 0.4) is 0 Å². The number of nitrogens with zero attached hydrogens (tertiary/aromatic N) is 2.